The van der Waals surface area contributed by atoms with E-state index in [0.717, 1.165) is 6.42 Å². The van der Waals surface area contributed by atoms with Gasteiger partial charge in [0.2, 0.25) is 11.8 Å². The molecule has 3 rings (SSSR count). The van der Waals surface area contributed by atoms with Gasteiger partial charge in [-0.05, 0) is 25.2 Å². The molecule has 1 saturated heterocycles. The summed E-state index contributed by atoms with van der Waals surface area (Å²) in [6.07, 6.45) is 10.3. The number of aliphatic hydroxyl groups is 1. The fourth-order valence-electron chi connectivity index (χ4n) is 3.97. The van der Waals surface area contributed by atoms with Crippen molar-refractivity contribution in [2.75, 3.05) is 6.54 Å². The van der Waals surface area contributed by atoms with E-state index in [-0.39, 0.29) is 30.2 Å². The van der Waals surface area contributed by atoms with Crippen LogP contribution in [0.25, 0.3) is 0 Å². The number of nitrogens with zero attached hydrogens (tertiary/aromatic N) is 1. The number of β-amino-alcohol motifs (C(OH)–C–C–N with tert-alkyl or cyclic N) is 1. The fraction of sp³-hybridized carbons (Fsp3) is 0.750. The predicted octanol–water partition coefficient (Wildman–Crippen LogP) is 1.88. The van der Waals surface area contributed by atoms with E-state index in [9.17, 15) is 14.7 Å². The first-order valence-electron chi connectivity index (χ1n) is 7.85. The summed E-state index contributed by atoms with van der Waals surface area (Å²) in [4.78, 5) is 25.9. The number of hydrogen-bond acceptors (Lipinski definition) is 3. The van der Waals surface area contributed by atoms with Crippen LogP contribution in [0.1, 0.15) is 44.9 Å². The van der Waals surface area contributed by atoms with Gasteiger partial charge in [0.1, 0.15) is 0 Å². The summed E-state index contributed by atoms with van der Waals surface area (Å²) in [7, 11) is 0. The molecular weight excluding hydrogens is 254 g/mol. The lowest BCUT2D eigenvalue weighted by Crippen LogP contribution is -2.38. The molecule has 2 aliphatic carbocycles. The van der Waals surface area contributed by atoms with Crippen molar-refractivity contribution in [3.8, 4) is 0 Å². The molecule has 1 aliphatic heterocycles. The minimum absolute atomic E-state index is 0.0742. The van der Waals surface area contributed by atoms with E-state index < -0.39 is 6.10 Å². The standard InChI is InChI=1S/C16H23NO3/c18-12(9-11-5-1-2-6-11)10-17-15(19)13-7-3-4-8-14(13)16(17)20/h3-4,11-14,18H,1-2,5-10H2/t12-,13-,14+/m1/s1. The monoisotopic (exact) mass is 277 g/mol. The molecule has 3 atom stereocenters. The number of aliphatic hydroxyl groups excluding tert-OH is 1. The van der Waals surface area contributed by atoms with Crippen molar-refractivity contribution >= 4 is 11.8 Å². The number of hydrogen-bond donors (Lipinski definition) is 1. The molecule has 0 aromatic carbocycles. The number of allylic oxidation sites excluding steroid dienone is 2. The fourth-order valence-corrected chi connectivity index (χ4v) is 3.97. The second kappa shape index (κ2) is 5.68. The maximum Gasteiger partial charge on any atom is 0.233 e. The summed E-state index contributed by atoms with van der Waals surface area (Å²) in [6.45, 7) is 0.196. The normalized spacial score (nSPS) is 31.9. The van der Waals surface area contributed by atoms with E-state index in [1.165, 1.54) is 30.6 Å². The molecule has 0 spiro atoms. The molecule has 0 bridgehead atoms. The van der Waals surface area contributed by atoms with Gasteiger partial charge in [0.25, 0.3) is 0 Å². The highest BCUT2D eigenvalue weighted by Gasteiger charge is 2.47. The van der Waals surface area contributed by atoms with Gasteiger partial charge in [-0.15, -0.1) is 0 Å². The first-order chi connectivity index (χ1) is 9.66. The first-order valence-corrected chi connectivity index (χ1v) is 7.85. The second-order valence-electron chi connectivity index (χ2n) is 6.48. The minimum Gasteiger partial charge on any atom is -0.391 e. The Kier molecular flexibility index (Phi) is 3.92. The Labute approximate surface area is 119 Å². The van der Waals surface area contributed by atoms with Gasteiger partial charge in [-0.25, -0.2) is 0 Å². The average molecular weight is 277 g/mol. The summed E-state index contributed by atoms with van der Waals surface area (Å²) in [5, 5.41) is 10.2. The maximum absolute atomic E-state index is 12.3. The Morgan fingerprint density at radius 2 is 1.65 bits per heavy atom. The zero-order chi connectivity index (χ0) is 14.1. The predicted molar refractivity (Wildman–Crippen MR) is 74.7 cm³/mol. The lowest BCUT2D eigenvalue weighted by atomic mass is 9.85. The van der Waals surface area contributed by atoms with E-state index in [1.807, 2.05) is 12.2 Å². The summed E-state index contributed by atoms with van der Waals surface area (Å²) in [6, 6.07) is 0. The molecule has 1 heterocycles. The number of carbonyl (C=O) groups excluding carboxylic acids is 2. The summed E-state index contributed by atoms with van der Waals surface area (Å²) >= 11 is 0. The van der Waals surface area contributed by atoms with Crippen molar-refractivity contribution in [1.82, 2.24) is 4.90 Å². The molecule has 20 heavy (non-hydrogen) atoms. The second-order valence-corrected chi connectivity index (χ2v) is 6.48. The highest BCUT2D eigenvalue weighted by atomic mass is 16.3. The zero-order valence-corrected chi connectivity index (χ0v) is 11.8. The van der Waals surface area contributed by atoms with Crippen LogP contribution in [-0.2, 0) is 9.59 Å². The molecule has 0 unspecified atom stereocenters. The van der Waals surface area contributed by atoms with Gasteiger partial charge >= 0.3 is 0 Å². The smallest absolute Gasteiger partial charge is 0.233 e. The number of carbonyl (C=O) groups is 2. The molecule has 0 aromatic heterocycles. The van der Waals surface area contributed by atoms with Crippen LogP contribution < -0.4 is 0 Å². The topological polar surface area (TPSA) is 57.6 Å². The highest BCUT2D eigenvalue weighted by molar-refractivity contribution is 6.05. The largest absolute Gasteiger partial charge is 0.391 e. The Balaban J connectivity index is 1.59. The molecule has 110 valence electrons. The van der Waals surface area contributed by atoms with Crippen LogP contribution in [0.15, 0.2) is 12.2 Å². The molecule has 0 radical (unpaired) electrons. The van der Waals surface area contributed by atoms with E-state index >= 15 is 0 Å². The molecule has 1 saturated carbocycles. The summed E-state index contributed by atoms with van der Waals surface area (Å²) in [5.41, 5.74) is 0. The Morgan fingerprint density at radius 3 is 2.20 bits per heavy atom. The molecule has 4 nitrogen and oxygen atoms in total. The maximum atomic E-state index is 12.3. The van der Waals surface area contributed by atoms with Crippen LogP contribution in [0.5, 0.6) is 0 Å². The first kappa shape index (κ1) is 13.8. The van der Waals surface area contributed by atoms with Crippen LogP contribution in [-0.4, -0.2) is 34.5 Å². The van der Waals surface area contributed by atoms with Gasteiger partial charge in [0.05, 0.1) is 24.5 Å². The van der Waals surface area contributed by atoms with Crippen LogP contribution in [0.2, 0.25) is 0 Å². The minimum atomic E-state index is -0.556. The number of imide groups is 1. The Morgan fingerprint density at radius 1 is 1.10 bits per heavy atom. The third kappa shape index (κ3) is 2.53. The molecule has 2 fully saturated rings. The van der Waals surface area contributed by atoms with E-state index in [0.29, 0.717) is 18.8 Å². The van der Waals surface area contributed by atoms with Crippen LogP contribution in [0, 0.1) is 17.8 Å². The molecule has 3 aliphatic rings. The SMILES string of the molecule is O=C1[C@H]2CC=CC[C@H]2C(=O)N1C[C@H](O)CC1CCCC1. The lowest BCUT2D eigenvalue weighted by molar-refractivity contribution is -0.141. The van der Waals surface area contributed by atoms with E-state index in [4.69, 9.17) is 0 Å². The highest BCUT2D eigenvalue weighted by Crippen LogP contribution is 2.35. The van der Waals surface area contributed by atoms with Gasteiger partial charge < -0.3 is 5.11 Å². The number of likely N-dealkylation sites (tertiary alicyclic amines) is 1. The van der Waals surface area contributed by atoms with Crippen LogP contribution in [0.4, 0.5) is 0 Å². The molecule has 4 heteroatoms. The van der Waals surface area contributed by atoms with Crippen molar-refractivity contribution in [1.29, 1.82) is 0 Å². The molecule has 2 amide bonds. The average Bonchev–Trinajstić information content (AvgIpc) is 3.03. The van der Waals surface area contributed by atoms with E-state index in [1.54, 1.807) is 0 Å². The van der Waals surface area contributed by atoms with Gasteiger partial charge in [-0.2, -0.15) is 0 Å². The quantitative estimate of drug-likeness (QED) is 0.630. The van der Waals surface area contributed by atoms with Gasteiger partial charge in [-0.3, -0.25) is 14.5 Å². The third-order valence-corrected chi connectivity index (χ3v) is 5.07. The Bertz CT molecular complexity index is 399. The summed E-state index contributed by atoms with van der Waals surface area (Å²) < 4.78 is 0. The van der Waals surface area contributed by atoms with Crippen molar-refractivity contribution in [2.45, 2.75) is 51.0 Å². The number of amides is 2. The van der Waals surface area contributed by atoms with Gasteiger partial charge in [0.15, 0.2) is 0 Å². The van der Waals surface area contributed by atoms with E-state index in [2.05, 4.69) is 0 Å². The van der Waals surface area contributed by atoms with Crippen LogP contribution in [0.3, 0.4) is 0 Å². The van der Waals surface area contributed by atoms with Crippen molar-refractivity contribution in [3.63, 3.8) is 0 Å². The Hall–Kier alpha value is -1.16. The molecule has 0 aromatic rings. The van der Waals surface area contributed by atoms with Crippen LogP contribution >= 0.6 is 0 Å². The number of rotatable bonds is 4. The van der Waals surface area contributed by atoms with Gasteiger partial charge in [-0.1, -0.05) is 37.8 Å². The molecular formula is C16H23NO3. The van der Waals surface area contributed by atoms with Gasteiger partial charge in [0, 0.05) is 0 Å². The third-order valence-electron chi connectivity index (χ3n) is 5.07. The zero-order valence-electron chi connectivity index (χ0n) is 11.8. The lowest BCUT2D eigenvalue weighted by Gasteiger charge is -2.21. The molecule has 1 N–H and O–H groups in total. The van der Waals surface area contributed by atoms with Crippen molar-refractivity contribution in [2.24, 2.45) is 17.8 Å². The van der Waals surface area contributed by atoms with Crippen molar-refractivity contribution in [3.05, 3.63) is 12.2 Å². The number of fused-ring (bicyclic) bond motifs is 1. The summed E-state index contributed by atoms with van der Waals surface area (Å²) in [5.74, 6) is 0.0729. The van der Waals surface area contributed by atoms with Crippen molar-refractivity contribution < 1.29 is 14.7 Å².